The van der Waals surface area contributed by atoms with Gasteiger partial charge in [0, 0.05) is 31.6 Å². The number of methoxy groups -OCH3 is 1. The van der Waals surface area contributed by atoms with Crippen LogP contribution in [0.3, 0.4) is 0 Å². The predicted octanol–water partition coefficient (Wildman–Crippen LogP) is 2.36. The number of nitrogens with zero attached hydrogens (tertiary/aromatic N) is 2. The van der Waals surface area contributed by atoms with Crippen LogP contribution in [-0.4, -0.2) is 30.1 Å². The zero-order chi connectivity index (χ0) is 13.2. The number of hydrogen-bond acceptors (Lipinski definition) is 3. The van der Waals surface area contributed by atoms with Gasteiger partial charge in [-0.15, -0.1) is 0 Å². The zero-order valence-electron chi connectivity index (χ0n) is 10.9. The number of ether oxygens (including phenoxy) is 2. The van der Waals surface area contributed by atoms with Crippen molar-refractivity contribution in [3.63, 3.8) is 0 Å². The summed E-state index contributed by atoms with van der Waals surface area (Å²) < 4.78 is 25.8. The van der Waals surface area contributed by atoms with E-state index < -0.39 is 0 Å². The third-order valence-electron chi connectivity index (χ3n) is 3.53. The molecule has 1 saturated heterocycles. The minimum Gasteiger partial charge on any atom is -0.381 e. The highest BCUT2D eigenvalue weighted by Crippen LogP contribution is 2.23. The van der Waals surface area contributed by atoms with Crippen molar-refractivity contribution < 1.29 is 13.9 Å². The molecule has 2 heterocycles. The topological polar surface area (TPSA) is 36.3 Å². The van der Waals surface area contributed by atoms with E-state index in [0.717, 1.165) is 42.8 Å². The van der Waals surface area contributed by atoms with E-state index in [1.54, 1.807) is 13.2 Å². The average Bonchev–Trinajstić information content (AvgIpc) is 3.00. The summed E-state index contributed by atoms with van der Waals surface area (Å²) in [6, 6.07) is 4.78. The number of hydrogen-bond donors (Lipinski definition) is 0. The highest BCUT2D eigenvalue weighted by atomic mass is 19.1. The van der Waals surface area contributed by atoms with E-state index in [2.05, 4.69) is 5.10 Å². The minimum atomic E-state index is -0.242. The second kappa shape index (κ2) is 5.27. The second-order valence-electron chi connectivity index (χ2n) is 4.95. The van der Waals surface area contributed by atoms with Gasteiger partial charge in [0.05, 0.1) is 24.4 Å². The van der Waals surface area contributed by atoms with E-state index in [1.165, 1.54) is 12.1 Å². The van der Waals surface area contributed by atoms with Crippen LogP contribution in [0, 0.1) is 11.7 Å². The molecule has 1 aromatic heterocycles. The molecule has 0 N–H and O–H groups in total. The van der Waals surface area contributed by atoms with E-state index in [0.29, 0.717) is 12.5 Å². The molecule has 0 spiro atoms. The smallest absolute Gasteiger partial charge is 0.124 e. The van der Waals surface area contributed by atoms with Gasteiger partial charge in [0.1, 0.15) is 5.82 Å². The van der Waals surface area contributed by atoms with Gasteiger partial charge in [-0.3, -0.25) is 4.68 Å². The Bertz CT molecular complexity index is 576. The minimum absolute atomic E-state index is 0.242. The summed E-state index contributed by atoms with van der Waals surface area (Å²) in [6.07, 6.45) is 1.06. The first-order valence-electron chi connectivity index (χ1n) is 6.49. The standard InChI is InChI=1S/C14H17FN2O2/c1-18-9-13-12-6-11(15)2-3-14(12)17(16-13)7-10-4-5-19-8-10/h2-3,6,10H,4-5,7-9H2,1H3. The number of benzene rings is 1. The van der Waals surface area contributed by atoms with Crippen molar-refractivity contribution in [3.05, 3.63) is 29.7 Å². The van der Waals surface area contributed by atoms with Gasteiger partial charge in [0.15, 0.2) is 0 Å². The molecule has 0 aliphatic carbocycles. The number of halogens is 1. The van der Waals surface area contributed by atoms with Gasteiger partial charge >= 0.3 is 0 Å². The predicted molar refractivity (Wildman–Crippen MR) is 69.3 cm³/mol. The van der Waals surface area contributed by atoms with Gasteiger partial charge in [0.25, 0.3) is 0 Å². The van der Waals surface area contributed by atoms with Crippen molar-refractivity contribution in [3.8, 4) is 0 Å². The molecule has 1 aromatic carbocycles. The van der Waals surface area contributed by atoms with Gasteiger partial charge in [-0.25, -0.2) is 4.39 Å². The number of rotatable bonds is 4. The highest BCUT2D eigenvalue weighted by molar-refractivity contribution is 5.82. The summed E-state index contributed by atoms with van der Waals surface area (Å²) in [6.45, 7) is 2.81. The summed E-state index contributed by atoms with van der Waals surface area (Å²) in [5, 5.41) is 5.39. The first-order chi connectivity index (χ1) is 9.28. The third kappa shape index (κ3) is 2.48. The number of aromatic nitrogens is 2. The molecule has 19 heavy (non-hydrogen) atoms. The van der Waals surface area contributed by atoms with Crippen LogP contribution in [0.4, 0.5) is 4.39 Å². The van der Waals surface area contributed by atoms with Gasteiger partial charge in [-0.1, -0.05) is 0 Å². The SMILES string of the molecule is COCc1nn(CC2CCOC2)c2ccc(F)cc12. The molecule has 1 aliphatic rings. The van der Waals surface area contributed by atoms with Crippen LogP contribution in [0.2, 0.25) is 0 Å². The molecule has 3 rings (SSSR count). The number of fused-ring (bicyclic) bond motifs is 1. The molecule has 1 atom stereocenters. The lowest BCUT2D eigenvalue weighted by Crippen LogP contribution is -2.12. The van der Waals surface area contributed by atoms with Crippen LogP contribution in [-0.2, 0) is 22.6 Å². The molecule has 0 bridgehead atoms. The Morgan fingerprint density at radius 1 is 1.53 bits per heavy atom. The molecule has 0 amide bonds. The summed E-state index contributed by atoms with van der Waals surface area (Å²) in [5.74, 6) is 0.247. The van der Waals surface area contributed by atoms with Gasteiger partial charge in [-0.2, -0.15) is 5.10 Å². The first-order valence-corrected chi connectivity index (χ1v) is 6.49. The highest BCUT2D eigenvalue weighted by Gasteiger charge is 2.19. The van der Waals surface area contributed by atoms with Crippen molar-refractivity contribution >= 4 is 10.9 Å². The van der Waals surface area contributed by atoms with E-state index in [1.807, 2.05) is 4.68 Å². The molecule has 1 unspecified atom stereocenters. The zero-order valence-corrected chi connectivity index (χ0v) is 10.9. The Morgan fingerprint density at radius 2 is 2.42 bits per heavy atom. The Labute approximate surface area is 111 Å². The summed E-state index contributed by atoms with van der Waals surface area (Å²) in [7, 11) is 1.62. The maximum atomic E-state index is 13.4. The summed E-state index contributed by atoms with van der Waals surface area (Å²) >= 11 is 0. The fourth-order valence-electron chi connectivity index (χ4n) is 2.57. The molecule has 4 nitrogen and oxygen atoms in total. The average molecular weight is 264 g/mol. The molecule has 0 saturated carbocycles. The monoisotopic (exact) mass is 264 g/mol. The summed E-state index contributed by atoms with van der Waals surface area (Å²) in [4.78, 5) is 0. The fraction of sp³-hybridized carbons (Fsp3) is 0.500. The molecular formula is C14H17FN2O2. The Balaban J connectivity index is 1.98. The molecule has 1 aliphatic heterocycles. The van der Waals surface area contributed by atoms with E-state index in [4.69, 9.17) is 9.47 Å². The maximum Gasteiger partial charge on any atom is 0.124 e. The molecule has 5 heteroatoms. The van der Waals surface area contributed by atoms with E-state index in [9.17, 15) is 4.39 Å². The normalized spacial score (nSPS) is 19.4. The first kappa shape index (κ1) is 12.6. The van der Waals surface area contributed by atoms with E-state index >= 15 is 0 Å². The van der Waals surface area contributed by atoms with Crippen LogP contribution in [0.1, 0.15) is 12.1 Å². The maximum absolute atomic E-state index is 13.4. The fourth-order valence-corrected chi connectivity index (χ4v) is 2.57. The molecule has 1 fully saturated rings. The van der Waals surface area contributed by atoms with Crippen LogP contribution < -0.4 is 0 Å². The lowest BCUT2D eigenvalue weighted by atomic mass is 10.1. The quantitative estimate of drug-likeness (QED) is 0.850. The van der Waals surface area contributed by atoms with Gasteiger partial charge in [-0.05, 0) is 24.6 Å². The molecule has 0 radical (unpaired) electrons. The lowest BCUT2D eigenvalue weighted by molar-refractivity contribution is 0.178. The van der Waals surface area contributed by atoms with Crippen LogP contribution >= 0.6 is 0 Å². The Kier molecular flexibility index (Phi) is 3.48. The molecular weight excluding hydrogens is 247 g/mol. The van der Waals surface area contributed by atoms with Gasteiger partial charge in [0.2, 0.25) is 0 Å². The van der Waals surface area contributed by atoms with Crippen molar-refractivity contribution in [1.82, 2.24) is 9.78 Å². The summed E-state index contributed by atoms with van der Waals surface area (Å²) in [5.41, 5.74) is 1.75. The molecule has 2 aromatic rings. The van der Waals surface area contributed by atoms with Crippen LogP contribution in [0.5, 0.6) is 0 Å². The van der Waals surface area contributed by atoms with Crippen molar-refractivity contribution in [2.75, 3.05) is 20.3 Å². The Hall–Kier alpha value is -1.46. The third-order valence-corrected chi connectivity index (χ3v) is 3.53. The van der Waals surface area contributed by atoms with Gasteiger partial charge < -0.3 is 9.47 Å². The van der Waals surface area contributed by atoms with Crippen LogP contribution in [0.15, 0.2) is 18.2 Å². The second-order valence-corrected chi connectivity index (χ2v) is 4.95. The largest absolute Gasteiger partial charge is 0.381 e. The van der Waals surface area contributed by atoms with Crippen molar-refractivity contribution in [2.45, 2.75) is 19.6 Å². The molecule has 102 valence electrons. The van der Waals surface area contributed by atoms with Crippen LogP contribution in [0.25, 0.3) is 10.9 Å². The van der Waals surface area contributed by atoms with E-state index in [-0.39, 0.29) is 5.82 Å². The van der Waals surface area contributed by atoms with Crippen molar-refractivity contribution in [2.24, 2.45) is 5.92 Å². The Morgan fingerprint density at radius 3 is 3.16 bits per heavy atom. The lowest BCUT2D eigenvalue weighted by Gasteiger charge is -2.08. The van der Waals surface area contributed by atoms with Crippen molar-refractivity contribution in [1.29, 1.82) is 0 Å².